The van der Waals surface area contributed by atoms with Crippen LogP contribution in [0, 0.1) is 5.92 Å². The van der Waals surface area contributed by atoms with Gasteiger partial charge >= 0.3 is 0 Å². The molecule has 0 aliphatic carbocycles. The van der Waals surface area contributed by atoms with Crippen molar-refractivity contribution in [3.05, 3.63) is 61.8 Å². The minimum absolute atomic E-state index is 0.0135. The number of fused-ring (bicyclic) bond motifs is 1. The van der Waals surface area contributed by atoms with Crippen LogP contribution in [0.2, 0.25) is 0 Å². The molecule has 5 rings (SSSR count). The van der Waals surface area contributed by atoms with Crippen LogP contribution >= 0.6 is 34.0 Å². The van der Waals surface area contributed by atoms with Crippen LogP contribution in [0.1, 0.15) is 34.2 Å². The Hall–Kier alpha value is -1.52. The maximum absolute atomic E-state index is 13.5. The molecule has 3 aromatic heterocycles. The number of amides is 1. The molecule has 3 aromatic rings. The van der Waals surface area contributed by atoms with Crippen molar-refractivity contribution in [1.82, 2.24) is 9.21 Å². The molecule has 0 aromatic carbocycles. The van der Waals surface area contributed by atoms with E-state index in [-0.39, 0.29) is 17.9 Å². The quantitative estimate of drug-likeness (QED) is 0.557. The molecule has 158 valence electrons. The Bertz CT molecular complexity index is 1110. The van der Waals surface area contributed by atoms with Crippen molar-refractivity contribution in [3.8, 4) is 0 Å². The topological polar surface area (TPSA) is 57.7 Å². The number of sulfonamides is 1. The van der Waals surface area contributed by atoms with Crippen LogP contribution < -0.4 is 0 Å². The van der Waals surface area contributed by atoms with Crippen molar-refractivity contribution >= 4 is 49.9 Å². The Labute approximate surface area is 188 Å². The number of hydrogen-bond donors (Lipinski definition) is 0. The molecule has 1 atom stereocenters. The first-order chi connectivity index (χ1) is 14.6. The van der Waals surface area contributed by atoms with Crippen molar-refractivity contribution in [2.75, 3.05) is 19.6 Å². The van der Waals surface area contributed by atoms with Crippen molar-refractivity contribution < 1.29 is 13.2 Å². The monoisotopic (exact) mass is 478 g/mol. The van der Waals surface area contributed by atoms with Crippen LogP contribution in [0.25, 0.3) is 0 Å². The summed E-state index contributed by atoms with van der Waals surface area (Å²) in [6.07, 6.45) is 2.05. The van der Waals surface area contributed by atoms with Gasteiger partial charge in [-0.05, 0) is 59.2 Å². The van der Waals surface area contributed by atoms with Gasteiger partial charge in [0.2, 0.25) is 5.91 Å². The van der Waals surface area contributed by atoms with E-state index in [4.69, 9.17) is 0 Å². The van der Waals surface area contributed by atoms with Crippen LogP contribution in [-0.4, -0.2) is 43.2 Å². The lowest BCUT2D eigenvalue weighted by molar-refractivity contribution is -0.138. The zero-order valence-electron chi connectivity index (χ0n) is 16.3. The average Bonchev–Trinajstić information content (AvgIpc) is 3.54. The van der Waals surface area contributed by atoms with Crippen molar-refractivity contribution in [1.29, 1.82) is 0 Å². The van der Waals surface area contributed by atoms with Gasteiger partial charge in [-0.1, -0.05) is 12.1 Å². The van der Waals surface area contributed by atoms with Gasteiger partial charge in [0.05, 0.1) is 6.04 Å². The van der Waals surface area contributed by atoms with Crippen LogP contribution in [0.15, 0.2) is 50.7 Å². The van der Waals surface area contributed by atoms with E-state index in [0.717, 1.165) is 13.0 Å². The van der Waals surface area contributed by atoms with Gasteiger partial charge in [-0.3, -0.25) is 4.79 Å². The Morgan fingerprint density at radius 2 is 1.70 bits per heavy atom. The van der Waals surface area contributed by atoms with E-state index >= 15 is 0 Å². The molecular formula is C21H22N2O3S4. The lowest BCUT2D eigenvalue weighted by atomic mass is 9.92. The van der Waals surface area contributed by atoms with Gasteiger partial charge < -0.3 is 4.90 Å². The summed E-state index contributed by atoms with van der Waals surface area (Å²) >= 11 is 4.71. The minimum Gasteiger partial charge on any atom is -0.330 e. The molecule has 1 unspecified atom stereocenters. The Balaban J connectivity index is 1.33. The molecule has 5 heterocycles. The fraction of sp³-hybridized carbons (Fsp3) is 0.381. The Kier molecular flexibility index (Phi) is 5.57. The Morgan fingerprint density at radius 1 is 0.933 bits per heavy atom. The second kappa shape index (κ2) is 8.20. The lowest BCUT2D eigenvalue weighted by Gasteiger charge is -2.39. The number of hydrogen-bond acceptors (Lipinski definition) is 6. The molecule has 0 bridgehead atoms. The second-order valence-corrected chi connectivity index (χ2v) is 12.7. The molecule has 1 saturated heterocycles. The first-order valence-electron chi connectivity index (χ1n) is 9.99. The fourth-order valence-corrected chi connectivity index (χ4v) is 8.80. The Morgan fingerprint density at radius 3 is 2.40 bits per heavy atom. The maximum Gasteiger partial charge on any atom is 0.252 e. The van der Waals surface area contributed by atoms with Crippen LogP contribution in [0.5, 0.6) is 0 Å². The summed E-state index contributed by atoms with van der Waals surface area (Å²) in [5.74, 6) is 0.0425. The molecule has 2 aliphatic rings. The van der Waals surface area contributed by atoms with Gasteiger partial charge in [0, 0.05) is 35.3 Å². The molecule has 0 radical (unpaired) electrons. The van der Waals surface area contributed by atoms with Gasteiger partial charge in [0.1, 0.15) is 4.21 Å². The van der Waals surface area contributed by atoms with Gasteiger partial charge in [-0.2, -0.15) is 4.31 Å². The summed E-state index contributed by atoms with van der Waals surface area (Å²) in [4.78, 5) is 18.1. The first-order valence-corrected chi connectivity index (χ1v) is 14.1. The molecule has 1 fully saturated rings. The third-order valence-corrected chi connectivity index (χ3v) is 11.1. The number of nitrogens with zero attached hydrogens (tertiary/aromatic N) is 2. The van der Waals surface area contributed by atoms with E-state index < -0.39 is 10.0 Å². The summed E-state index contributed by atoms with van der Waals surface area (Å²) in [7, 11) is -3.44. The highest BCUT2D eigenvalue weighted by molar-refractivity contribution is 7.91. The molecule has 0 N–H and O–H groups in total. The summed E-state index contributed by atoms with van der Waals surface area (Å²) in [5.41, 5.74) is 1.25. The van der Waals surface area contributed by atoms with E-state index in [1.807, 2.05) is 11.0 Å². The predicted molar refractivity (Wildman–Crippen MR) is 122 cm³/mol. The van der Waals surface area contributed by atoms with Gasteiger partial charge in [0.25, 0.3) is 10.0 Å². The van der Waals surface area contributed by atoms with Crippen molar-refractivity contribution in [2.45, 2.75) is 29.5 Å². The molecule has 1 amide bonds. The standard InChI is InChI=1S/C21H22N2O3S4/c24-21(15-5-9-22(10-6-15)30(25,26)19-4-2-13-29-19)23-11-7-17-16(8-14-28-17)20(23)18-3-1-12-27-18/h1-4,8,12-15,20H,5-7,9-11H2. The predicted octanol–water partition coefficient (Wildman–Crippen LogP) is 4.45. The van der Waals surface area contributed by atoms with E-state index in [2.05, 4.69) is 22.9 Å². The fourth-order valence-electron chi connectivity index (χ4n) is 4.42. The maximum atomic E-state index is 13.5. The average molecular weight is 479 g/mol. The molecule has 5 nitrogen and oxygen atoms in total. The summed E-state index contributed by atoms with van der Waals surface area (Å²) in [6.45, 7) is 1.53. The number of carbonyl (C=O) groups excluding carboxylic acids is 1. The highest BCUT2D eigenvalue weighted by atomic mass is 32.2. The number of carbonyl (C=O) groups is 1. The van der Waals surface area contributed by atoms with Crippen LogP contribution in [0.4, 0.5) is 0 Å². The number of rotatable bonds is 4. The summed E-state index contributed by atoms with van der Waals surface area (Å²) in [6, 6.07) is 9.69. The van der Waals surface area contributed by atoms with E-state index in [9.17, 15) is 13.2 Å². The largest absolute Gasteiger partial charge is 0.330 e. The smallest absolute Gasteiger partial charge is 0.252 e. The SMILES string of the molecule is O=C(C1CCN(S(=O)(=O)c2cccs2)CC1)N1CCc2sccc2C1c1cccs1. The van der Waals surface area contributed by atoms with E-state index in [1.54, 1.807) is 40.2 Å². The zero-order valence-corrected chi connectivity index (χ0v) is 19.5. The molecule has 9 heteroatoms. The number of piperidine rings is 1. The first kappa shape index (κ1) is 20.4. The highest BCUT2D eigenvalue weighted by Gasteiger charge is 2.39. The minimum atomic E-state index is -3.44. The molecule has 2 aliphatic heterocycles. The van der Waals surface area contributed by atoms with Gasteiger partial charge in [0.15, 0.2) is 0 Å². The third kappa shape index (κ3) is 3.56. The molecular weight excluding hydrogens is 457 g/mol. The number of thiophene rings is 3. The van der Waals surface area contributed by atoms with Gasteiger partial charge in [-0.25, -0.2) is 8.42 Å². The second-order valence-electron chi connectivity index (χ2n) is 7.61. The zero-order chi connectivity index (χ0) is 20.7. The summed E-state index contributed by atoms with van der Waals surface area (Å²) < 4.78 is 27.5. The van der Waals surface area contributed by atoms with Gasteiger partial charge in [-0.15, -0.1) is 34.0 Å². The van der Waals surface area contributed by atoms with E-state index in [1.165, 1.54) is 31.0 Å². The molecule has 0 spiro atoms. The van der Waals surface area contributed by atoms with E-state index in [0.29, 0.717) is 30.1 Å². The summed E-state index contributed by atoms with van der Waals surface area (Å²) in [5, 5.41) is 5.96. The molecule has 0 saturated carbocycles. The lowest BCUT2D eigenvalue weighted by Crippen LogP contribution is -2.47. The van der Waals surface area contributed by atoms with Crippen LogP contribution in [-0.2, 0) is 21.2 Å². The highest BCUT2D eigenvalue weighted by Crippen LogP contribution is 2.41. The molecule has 30 heavy (non-hydrogen) atoms. The van der Waals surface area contributed by atoms with Crippen LogP contribution in [0.3, 0.4) is 0 Å². The third-order valence-electron chi connectivity index (χ3n) is 5.95. The van der Waals surface area contributed by atoms with Crippen molar-refractivity contribution in [2.24, 2.45) is 5.92 Å². The normalized spacial score (nSPS) is 20.9. The van der Waals surface area contributed by atoms with Crippen molar-refractivity contribution in [3.63, 3.8) is 0 Å².